The number of hydrogen-bond donors (Lipinski definition) is 0. The third-order valence-corrected chi connectivity index (χ3v) is 4.35. The molecule has 2 nitrogen and oxygen atoms in total. The number of benzene rings is 1. The second-order valence-electron chi connectivity index (χ2n) is 5.75. The maximum atomic E-state index is 14.1. The summed E-state index contributed by atoms with van der Waals surface area (Å²) in [6, 6.07) is 6.61. The molecule has 2 aliphatic heterocycles. The van der Waals surface area contributed by atoms with Crippen molar-refractivity contribution in [1.29, 1.82) is 0 Å². The molecular weight excluding hydrogens is 227 g/mol. The topological polar surface area (TPSA) is 6.48 Å². The third-order valence-electron chi connectivity index (χ3n) is 4.35. The molecule has 98 valence electrons. The molecule has 1 aromatic carbocycles. The van der Waals surface area contributed by atoms with Crippen LogP contribution >= 0.6 is 0 Å². The molecule has 0 N–H and O–H groups in total. The monoisotopic (exact) mass is 248 g/mol. The van der Waals surface area contributed by atoms with Crippen LogP contribution in [-0.4, -0.2) is 36.6 Å². The summed E-state index contributed by atoms with van der Waals surface area (Å²) in [6.45, 7) is 7.40. The minimum Gasteiger partial charge on any atom is -0.364 e. The highest BCUT2D eigenvalue weighted by atomic mass is 19.1. The predicted octanol–water partition coefficient (Wildman–Crippen LogP) is 2.81. The number of hydrogen-bond acceptors (Lipinski definition) is 2. The molecule has 0 saturated carbocycles. The highest BCUT2D eigenvalue weighted by Gasteiger charge is 2.35. The van der Waals surface area contributed by atoms with E-state index in [1.165, 1.54) is 19.4 Å². The zero-order chi connectivity index (χ0) is 12.7. The van der Waals surface area contributed by atoms with Crippen molar-refractivity contribution in [2.75, 3.05) is 24.5 Å². The van der Waals surface area contributed by atoms with E-state index < -0.39 is 0 Å². The Morgan fingerprint density at radius 1 is 1.28 bits per heavy atom. The lowest BCUT2D eigenvalue weighted by molar-refractivity contribution is 0.202. The van der Waals surface area contributed by atoms with Gasteiger partial charge in [-0.2, -0.15) is 0 Å². The molecule has 2 unspecified atom stereocenters. The fourth-order valence-electron chi connectivity index (χ4n) is 3.37. The van der Waals surface area contributed by atoms with Gasteiger partial charge in [-0.15, -0.1) is 0 Å². The van der Waals surface area contributed by atoms with E-state index in [-0.39, 0.29) is 5.82 Å². The van der Waals surface area contributed by atoms with Crippen molar-refractivity contribution in [1.82, 2.24) is 4.90 Å². The van der Waals surface area contributed by atoms with E-state index in [1.807, 2.05) is 19.1 Å². The molecule has 0 aliphatic carbocycles. The maximum Gasteiger partial charge on any atom is 0.146 e. The van der Waals surface area contributed by atoms with Gasteiger partial charge in [-0.25, -0.2) is 4.39 Å². The van der Waals surface area contributed by atoms with Crippen LogP contribution in [0.1, 0.15) is 25.3 Å². The van der Waals surface area contributed by atoms with Crippen LogP contribution in [0.25, 0.3) is 0 Å². The lowest BCUT2D eigenvalue weighted by atomic mass is 10.1. The Bertz CT molecular complexity index is 446. The van der Waals surface area contributed by atoms with E-state index in [1.54, 1.807) is 6.07 Å². The van der Waals surface area contributed by atoms with Crippen LogP contribution in [0.2, 0.25) is 0 Å². The van der Waals surface area contributed by atoms with Gasteiger partial charge in [0.2, 0.25) is 0 Å². The summed E-state index contributed by atoms with van der Waals surface area (Å²) in [6.07, 6.45) is 2.55. The first-order valence-corrected chi connectivity index (χ1v) is 6.92. The minimum atomic E-state index is -0.0757. The average Bonchev–Trinajstić information content (AvgIpc) is 2.75. The van der Waals surface area contributed by atoms with Crippen LogP contribution in [-0.2, 0) is 0 Å². The molecule has 2 fully saturated rings. The van der Waals surface area contributed by atoms with Gasteiger partial charge in [0.1, 0.15) is 5.82 Å². The number of fused-ring (bicyclic) bond motifs is 1. The average molecular weight is 248 g/mol. The van der Waals surface area contributed by atoms with Crippen LogP contribution in [0.4, 0.5) is 10.1 Å². The van der Waals surface area contributed by atoms with Gasteiger partial charge in [-0.3, -0.25) is 4.90 Å². The molecule has 3 rings (SSSR count). The fourth-order valence-corrected chi connectivity index (χ4v) is 3.37. The standard InChI is InChI=1S/C15H21FN2/c1-11-5-6-15(14(16)8-11)18-10-13-4-3-7-17(13)9-12(18)2/h5-6,8,12-13H,3-4,7,9-10H2,1-2H3. The van der Waals surface area contributed by atoms with E-state index in [4.69, 9.17) is 0 Å². The first kappa shape index (κ1) is 12.0. The van der Waals surface area contributed by atoms with Crippen LogP contribution < -0.4 is 4.90 Å². The molecule has 0 amide bonds. The van der Waals surface area contributed by atoms with E-state index in [9.17, 15) is 4.39 Å². The van der Waals surface area contributed by atoms with Crippen molar-refractivity contribution in [3.63, 3.8) is 0 Å². The molecule has 0 radical (unpaired) electrons. The fraction of sp³-hybridized carbons (Fsp3) is 0.600. The molecule has 3 heteroatoms. The summed E-state index contributed by atoms with van der Waals surface area (Å²) in [7, 11) is 0. The van der Waals surface area contributed by atoms with Gasteiger partial charge in [0.05, 0.1) is 5.69 Å². The zero-order valence-corrected chi connectivity index (χ0v) is 11.2. The Hall–Kier alpha value is -1.09. The normalized spacial score (nSPS) is 28.5. The van der Waals surface area contributed by atoms with Crippen molar-refractivity contribution >= 4 is 5.69 Å². The van der Waals surface area contributed by atoms with Crippen LogP contribution in [0, 0.1) is 12.7 Å². The lowest BCUT2D eigenvalue weighted by Crippen LogP contribution is -2.55. The Balaban J connectivity index is 1.86. The van der Waals surface area contributed by atoms with Crippen LogP contribution in [0.15, 0.2) is 18.2 Å². The van der Waals surface area contributed by atoms with Crippen LogP contribution in [0.3, 0.4) is 0 Å². The molecule has 0 bridgehead atoms. The largest absolute Gasteiger partial charge is 0.364 e. The van der Waals surface area contributed by atoms with Gasteiger partial charge >= 0.3 is 0 Å². The van der Waals surface area contributed by atoms with Gasteiger partial charge in [0.15, 0.2) is 0 Å². The number of aryl methyl sites for hydroxylation is 1. The first-order valence-electron chi connectivity index (χ1n) is 6.92. The van der Waals surface area contributed by atoms with Crippen molar-refractivity contribution in [2.45, 2.75) is 38.8 Å². The predicted molar refractivity (Wildman–Crippen MR) is 72.5 cm³/mol. The highest BCUT2D eigenvalue weighted by Crippen LogP contribution is 2.30. The number of rotatable bonds is 1. The maximum absolute atomic E-state index is 14.1. The van der Waals surface area contributed by atoms with Gasteiger partial charge < -0.3 is 4.90 Å². The van der Waals surface area contributed by atoms with Gasteiger partial charge in [-0.05, 0) is 50.9 Å². The number of anilines is 1. The summed E-state index contributed by atoms with van der Waals surface area (Å²) >= 11 is 0. The number of piperazine rings is 1. The summed E-state index contributed by atoms with van der Waals surface area (Å²) in [5.41, 5.74) is 1.77. The van der Waals surface area contributed by atoms with Gasteiger partial charge in [-0.1, -0.05) is 6.07 Å². The second-order valence-corrected chi connectivity index (χ2v) is 5.75. The Labute approximate surface area is 108 Å². The van der Waals surface area contributed by atoms with Gasteiger partial charge in [0, 0.05) is 25.2 Å². The van der Waals surface area contributed by atoms with Crippen molar-refractivity contribution in [2.24, 2.45) is 0 Å². The summed E-state index contributed by atoms with van der Waals surface area (Å²) in [5, 5.41) is 0. The quantitative estimate of drug-likeness (QED) is 0.754. The van der Waals surface area contributed by atoms with Crippen molar-refractivity contribution in [3.05, 3.63) is 29.6 Å². The molecule has 2 aliphatic rings. The van der Waals surface area contributed by atoms with E-state index in [0.717, 1.165) is 24.3 Å². The Morgan fingerprint density at radius 3 is 2.89 bits per heavy atom. The minimum absolute atomic E-state index is 0.0757. The van der Waals surface area contributed by atoms with E-state index in [0.29, 0.717) is 12.1 Å². The van der Waals surface area contributed by atoms with E-state index in [2.05, 4.69) is 16.7 Å². The van der Waals surface area contributed by atoms with Crippen molar-refractivity contribution in [3.8, 4) is 0 Å². The SMILES string of the molecule is Cc1ccc(N2CC3CCCN3CC2C)c(F)c1. The zero-order valence-electron chi connectivity index (χ0n) is 11.2. The molecule has 2 heterocycles. The smallest absolute Gasteiger partial charge is 0.146 e. The van der Waals surface area contributed by atoms with Crippen LogP contribution in [0.5, 0.6) is 0 Å². The molecule has 1 aromatic rings. The Kier molecular flexibility index (Phi) is 3.02. The second kappa shape index (κ2) is 4.54. The lowest BCUT2D eigenvalue weighted by Gasteiger charge is -2.43. The highest BCUT2D eigenvalue weighted by molar-refractivity contribution is 5.50. The molecule has 0 aromatic heterocycles. The Morgan fingerprint density at radius 2 is 2.11 bits per heavy atom. The molecule has 2 atom stereocenters. The number of nitrogens with zero attached hydrogens (tertiary/aromatic N) is 2. The third kappa shape index (κ3) is 2.01. The molecule has 0 spiro atoms. The molecule has 18 heavy (non-hydrogen) atoms. The molecular formula is C15H21FN2. The summed E-state index contributed by atoms with van der Waals surface area (Å²) < 4.78 is 14.1. The van der Waals surface area contributed by atoms with Crippen molar-refractivity contribution < 1.29 is 4.39 Å². The molecule has 2 saturated heterocycles. The van der Waals surface area contributed by atoms with Gasteiger partial charge in [0.25, 0.3) is 0 Å². The summed E-state index contributed by atoms with van der Waals surface area (Å²) in [5.74, 6) is -0.0757. The van der Waals surface area contributed by atoms with E-state index >= 15 is 0 Å². The number of halogens is 1. The first-order chi connectivity index (χ1) is 8.65. The summed E-state index contributed by atoms with van der Waals surface area (Å²) in [4.78, 5) is 4.81.